The highest BCUT2D eigenvalue weighted by Crippen LogP contribution is 2.28. The van der Waals surface area contributed by atoms with Crippen molar-refractivity contribution in [3.8, 4) is 5.75 Å². The fraction of sp³-hybridized carbons (Fsp3) is 0.545. The number of benzene rings is 1. The van der Waals surface area contributed by atoms with E-state index in [-0.39, 0.29) is 11.8 Å². The molecule has 1 atom stereocenters. The van der Waals surface area contributed by atoms with Crippen molar-refractivity contribution in [1.82, 2.24) is 14.8 Å². The van der Waals surface area contributed by atoms with E-state index in [2.05, 4.69) is 9.88 Å². The maximum atomic E-state index is 12.7. The Hall–Kier alpha value is -2.38. The number of rotatable bonds is 6. The Bertz CT molecular complexity index is 816. The number of methoxy groups -OCH3 is 1. The zero-order valence-corrected chi connectivity index (χ0v) is 17.0. The molecule has 0 saturated carbocycles. The summed E-state index contributed by atoms with van der Waals surface area (Å²) >= 11 is 0. The average molecular weight is 399 g/mol. The van der Waals surface area contributed by atoms with E-state index >= 15 is 0 Å². The quantitative estimate of drug-likeness (QED) is 0.743. The van der Waals surface area contributed by atoms with Crippen molar-refractivity contribution in [3.63, 3.8) is 0 Å². The maximum Gasteiger partial charge on any atom is 0.236 e. The van der Waals surface area contributed by atoms with Crippen molar-refractivity contribution in [2.24, 2.45) is 0 Å². The van der Waals surface area contributed by atoms with E-state index in [1.165, 1.54) is 0 Å². The van der Waals surface area contributed by atoms with Crippen LogP contribution in [0.4, 0.5) is 0 Å². The Morgan fingerprint density at radius 1 is 1.24 bits per heavy atom. The van der Waals surface area contributed by atoms with Crippen LogP contribution in [0, 0.1) is 0 Å². The number of hydrogen-bond acceptors (Lipinski definition) is 6. The molecule has 0 spiro atoms. The number of ether oxygens (including phenoxy) is 2. The second-order valence-corrected chi connectivity index (χ2v) is 7.72. The molecule has 0 unspecified atom stereocenters. The summed E-state index contributed by atoms with van der Waals surface area (Å²) in [5.41, 5.74) is 1.07. The van der Waals surface area contributed by atoms with Crippen molar-refractivity contribution >= 4 is 5.91 Å². The molecule has 3 heterocycles. The lowest BCUT2D eigenvalue weighted by Crippen LogP contribution is -2.47. The molecule has 2 aliphatic rings. The zero-order chi connectivity index (χ0) is 20.1. The summed E-state index contributed by atoms with van der Waals surface area (Å²) in [7, 11) is 1.68. The third-order valence-corrected chi connectivity index (χ3v) is 5.71. The second-order valence-electron chi connectivity index (χ2n) is 7.72. The van der Waals surface area contributed by atoms with Crippen LogP contribution in [-0.4, -0.2) is 73.7 Å². The number of para-hydroxylation sites is 1. The number of aromatic nitrogens is 1. The first-order chi connectivity index (χ1) is 14.2. The summed E-state index contributed by atoms with van der Waals surface area (Å²) in [5.74, 6) is 2.75. The van der Waals surface area contributed by atoms with Gasteiger partial charge in [-0.15, -0.1) is 0 Å². The number of likely N-dealkylation sites (tertiary alicyclic amines) is 1. The number of nitrogens with zero attached hydrogens (tertiary/aromatic N) is 3. The maximum absolute atomic E-state index is 12.7. The lowest BCUT2D eigenvalue weighted by molar-refractivity contribution is -0.134. The minimum Gasteiger partial charge on any atom is -0.496 e. The summed E-state index contributed by atoms with van der Waals surface area (Å²) in [4.78, 5) is 21.4. The number of amides is 1. The average Bonchev–Trinajstić information content (AvgIpc) is 3.23. The van der Waals surface area contributed by atoms with Crippen LogP contribution in [-0.2, 0) is 16.0 Å². The van der Waals surface area contributed by atoms with Crippen molar-refractivity contribution in [2.45, 2.75) is 25.2 Å². The van der Waals surface area contributed by atoms with Crippen LogP contribution in [0.25, 0.3) is 0 Å². The van der Waals surface area contributed by atoms with Gasteiger partial charge in [-0.3, -0.25) is 9.69 Å². The smallest absolute Gasteiger partial charge is 0.236 e. The second kappa shape index (κ2) is 9.41. The first-order valence-corrected chi connectivity index (χ1v) is 10.4. The molecule has 1 aromatic carbocycles. The number of piperidine rings is 1. The number of oxazole rings is 1. The predicted octanol–water partition coefficient (Wildman–Crippen LogP) is 2.31. The summed E-state index contributed by atoms with van der Waals surface area (Å²) in [6.45, 7) is 5.04. The monoisotopic (exact) mass is 399 g/mol. The summed E-state index contributed by atoms with van der Waals surface area (Å²) in [6.07, 6.45) is 4.42. The first kappa shape index (κ1) is 19.9. The van der Waals surface area contributed by atoms with Crippen molar-refractivity contribution in [2.75, 3.05) is 53.0 Å². The summed E-state index contributed by atoms with van der Waals surface area (Å²) in [6, 6.07) is 7.94. The van der Waals surface area contributed by atoms with Gasteiger partial charge in [0.25, 0.3) is 0 Å². The van der Waals surface area contributed by atoms with Crippen LogP contribution in [0.2, 0.25) is 0 Å². The molecule has 2 aliphatic heterocycles. The SMILES string of the molecule is COc1ccccc1Cc1cnc([C@H]2CCCN(C(=O)CN3CCOCC3)C2)o1. The van der Waals surface area contributed by atoms with Crippen LogP contribution in [0.15, 0.2) is 34.9 Å². The normalized spacial score (nSPS) is 20.6. The lowest BCUT2D eigenvalue weighted by atomic mass is 9.98. The molecule has 0 N–H and O–H groups in total. The molecule has 1 aromatic heterocycles. The highest BCUT2D eigenvalue weighted by atomic mass is 16.5. The number of hydrogen-bond donors (Lipinski definition) is 0. The Morgan fingerprint density at radius 3 is 2.90 bits per heavy atom. The molecule has 0 bridgehead atoms. The van der Waals surface area contributed by atoms with Crippen LogP contribution >= 0.6 is 0 Å². The third-order valence-electron chi connectivity index (χ3n) is 5.71. The van der Waals surface area contributed by atoms with Gasteiger partial charge in [-0.25, -0.2) is 4.98 Å². The van der Waals surface area contributed by atoms with Gasteiger partial charge in [0.15, 0.2) is 5.89 Å². The van der Waals surface area contributed by atoms with Gasteiger partial charge < -0.3 is 18.8 Å². The Morgan fingerprint density at radius 2 is 2.07 bits per heavy atom. The molecule has 4 rings (SSSR count). The highest BCUT2D eigenvalue weighted by Gasteiger charge is 2.29. The van der Waals surface area contributed by atoms with Gasteiger partial charge in [-0.05, 0) is 18.9 Å². The molecular weight excluding hydrogens is 370 g/mol. The molecule has 0 aliphatic carbocycles. The van der Waals surface area contributed by atoms with E-state index in [4.69, 9.17) is 13.9 Å². The number of morpholine rings is 1. The van der Waals surface area contributed by atoms with E-state index in [0.717, 1.165) is 55.4 Å². The van der Waals surface area contributed by atoms with Crippen molar-refractivity contribution < 1.29 is 18.7 Å². The summed E-state index contributed by atoms with van der Waals surface area (Å²) in [5, 5.41) is 0. The van der Waals surface area contributed by atoms with Crippen molar-refractivity contribution in [1.29, 1.82) is 0 Å². The molecule has 2 saturated heterocycles. The minimum atomic E-state index is 0.156. The Labute approximate surface area is 171 Å². The lowest BCUT2D eigenvalue weighted by Gasteiger charge is -2.34. The first-order valence-electron chi connectivity index (χ1n) is 10.4. The largest absolute Gasteiger partial charge is 0.496 e. The van der Waals surface area contributed by atoms with Gasteiger partial charge in [0.2, 0.25) is 5.91 Å². The predicted molar refractivity (Wildman–Crippen MR) is 108 cm³/mol. The van der Waals surface area contributed by atoms with E-state index in [0.29, 0.717) is 32.7 Å². The fourth-order valence-corrected chi connectivity index (χ4v) is 4.09. The Balaban J connectivity index is 1.36. The van der Waals surface area contributed by atoms with Gasteiger partial charge in [-0.1, -0.05) is 18.2 Å². The molecule has 7 nitrogen and oxygen atoms in total. The van der Waals surface area contributed by atoms with Gasteiger partial charge in [0, 0.05) is 38.2 Å². The molecule has 0 radical (unpaired) electrons. The Kier molecular flexibility index (Phi) is 6.46. The van der Waals surface area contributed by atoms with E-state index < -0.39 is 0 Å². The fourth-order valence-electron chi connectivity index (χ4n) is 4.09. The van der Waals surface area contributed by atoms with Crippen molar-refractivity contribution in [3.05, 3.63) is 47.7 Å². The molecule has 1 amide bonds. The number of carbonyl (C=O) groups excluding carboxylic acids is 1. The molecule has 2 aromatic rings. The molecule has 7 heteroatoms. The van der Waals surface area contributed by atoms with Crippen LogP contribution in [0.3, 0.4) is 0 Å². The number of carbonyl (C=O) groups is 1. The van der Waals surface area contributed by atoms with Crippen LogP contribution in [0.1, 0.15) is 36.0 Å². The van der Waals surface area contributed by atoms with E-state index in [1.807, 2.05) is 29.2 Å². The molecule has 156 valence electrons. The van der Waals surface area contributed by atoms with E-state index in [1.54, 1.807) is 13.3 Å². The van der Waals surface area contributed by atoms with Crippen LogP contribution < -0.4 is 4.74 Å². The molecule has 2 fully saturated rings. The van der Waals surface area contributed by atoms with Gasteiger partial charge >= 0.3 is 0 Å². The standard InChI is InChI=1S/C22H29N3O4/c1-27-20-7-3-2-5-17(20)13-19-14-23-22(29-19)18-6-4-8-25(15-18)21(26)16-24-9-11-28-12-10-24/h2-3,5,7,14,18H,4,6,8-13,15-16H2,1H3/t18-/m0/s1. The van der Waals surface area contributed by atoms with Gasteiger partial charge in [0.1, 0.15) is 11.5 Å². The molecule has 29 heavy (non-hydrogen) atoms. The minimum absolute atomic E-state index is 0.156. The van der Waals surface area contributed by atoms with Crippen LogP contribution in [0.5, 0.6) is 5.75 Å². The van der Waals surface area contributed by atoms with E-state index in [9.17, 15) is 4.79 Å². The highest BCUT2D eigenvalue weighted by molar-refractivity contribution is 5.78. The topological polar surface area (TPSA) is 68.0 Å². The third kappa shape index (κ3) is 4.97. The van der Waals surface area contributed by atoms with Gasteiger partial charge in [0.05, 0.1) is 39.0 Å². The zero-order valence-electron chi connectivity index (χ0n) is 17.0. The van der Waals surface area contributed by atoms with Gasteiger partial charge in [-0.2, -0.15) is 0 Å². The molecular formula is C22H29N3O4. The summed E-state index contributed by atoms with van der Waals surface area (Å²) < 4.78 is 16.9.